The summed E-state index contributed by atoms with van der Waals surface area (Å²) in [6, 6.07) is 5.83. The molecule has 1 atom stereocenters. The maximum absolute atomic E-state index is 12.9. The van der Waals surface area contributed by atoms with Crippen molar-refractivity contribution in [1.82, 2.24) is 14.9 Å². The van der Waals surface area contributed by atoms with Crippen LogP contribution >= 0.6 is 0 Å². The highest BCUT2D eigenvalue weighted by Gasteiger charge is 2.35. The van der Waals surface area contributed by atoms with Crippen molar-refractivity contribution in [3.05, 3.63) is 24.3 Å². The van der Waals surface area contributed by atoms with Gasteiger partial charge >= 0.3 is 11.8 Å². The molecule has 1 saturated heterocycles. The third-order valence-electron chi connectivity index (χ3n) is 4.70. The second-order valence-electron chi connectivity index (χ2n) is 7.24. The molecule has 1 aromatic carbocycles. The first-order valence-corrected chi connectivity index (χ1v) is 10.9. The Morgan fingerprint density at radius 3 is 2.43 bits per heavy atom. The van der Waals surface area contributed by atoms with Crippen molar-refractivity contribution in [2.45, 2.75) is 44.0 Å². The predicted molar refractivity (Wildman–Crippen MR) is 105 cm³/mol. The van der Waals surface area contributed by atoms with Gasteiger partial charge in [0.05, 0.1) is 12.0 Å². The normalized spacial score (nSPS) is 17.5. The summed E-state index contributed by atoms with van der Waals surface area (Å²) in [5.41, 5.74) is 0. The lowest BCUT2D eigenvalue weighted by atomic mass is 10.1. The van der Waals surface area contributed by atoms with Crippen LogP contribution in [-0.2, 0) is 19.6 Å². The highest BCUT2D eigenvalue weighted by atomic mass is 32.2. The fourth-order valence-corrected chi connectivity index (χ4v) is 4.75. The Labute approximate surface area is 166 Å². The Balaban J connectivity index is 1.94. The van der Waals surface area contributed by atoms with E-state index in [2.05, 4.69) is 10.6 Å². The number of hydrogen-bond acceptors (Lipinski definition) is 5. The zero-order chi connectivity index (χ0) is 20.7. The molecule has 9 heteroatoms. The van der Waals surface area contributed by atoms with E-state index >= 15 is 0 Å². The molecule has 2 amide bonds. The molecule has 0 radical (unpaired) electrons. The maximum Gasteiger partial charge on any atom is 0.309 e. The van der Waals surface area contributed by atoms with E-state index in [1.54, 1.807) is 12.1 Å². The number of benzene rings is 1. The van der Waals surface area contributed by atoms with E-state index in [4.69, 9.17) is 4.74 Å². The number of nitrogens with zero attached hydrogens (tertiary/aromatic N) is 1. The molecule has 0 aliphatic carbocycles. The Morgan fingerprint density at radius 1 is 1.18 bits per heavy atom. The minimum atomic E-state index is -3.68. The molecule has 2 N–H and O–H groups in total. The second-order valence-corrected chi connectivity index (χ2v) is 9.13. The monoisotopic (exact) mass is 411 g/mol. The SMILES string of the molecule is COc1ccc(S(=O)(=O)N2CCCC2CNC(=O)C(=O)NCCC(C)C)cc1. The Morgan fingerprint density at radius 2 is 1.82 bits per heavy atom. The average Bonchev–Trinajstić information content (AvgIpc) is 3.15. The Kier molecular flexibility index (Phi) is 7.82. The van der Waals surface area contributed by atoms with Crippen LogP contribution < -0.4 is 15.4 Å². The third-order valence-corrected chi connectivity index (χ3v) is 6.67. The summed E-state index contributed by atoms with van der Waals surface area (Å²) in [6.45, 7) is 4.99. The number of rotatable bonds is 8. The van der Waals surface area contributed by atoms with Crippen LogP contribution in [0.2, 0.25) is 0 Å². The van der Waals surface area contributed by atoms with Crippen molar-refractivity contribution in [3.63, 3.8) is 0 Å². The Bertz CT molecular complexity index is 777. The molecule has 2 rings (SSSR count). The molecule has 1 fully saturated rings. The molecular weight excluding hydrogens is 382 g/mol. The molecule has 1 aromatic rings. The first-order chi connectivity index (χ1) is 13.3. The highest BCUT2D eigenvalue weighted by molar-refractivity contribution is 7.89. The van der Waals surface area contributed by atoms with Gasteiger partial charge in [-0.3, -0.25) is 9.59 Å². The fourth-order valence-electron chi connectivity index (χ4n) is 3.06. The van der Waals surface area contributed by atoms with Crippen molar-refractivity contribution in [2.75, 3.05) is 26.7 Å². The summed E-state index contributed by atoms with van der Waals surface area (Å²) in [6.07, 6.45) is 2.12. The fraction of sp³-hybridized carbons (Fsp3) is 0.579. The summed E-state index contributed by atoms with van der Waals surface area (Å²) < 4.78 is 32.3. The van der Waals surface area contributed by atoms with Gasteiger partial charge in [-0.1, -0.05) is 13.8 Å². The lowest BCUT2D eigenvalue weighted by molar-refractivity contribution is -0.139. The van der Waals surface area contributed by atoms with Gasteiger partial charge in [0.2, 0.25) is 10.0 Å². The largest absolute Gasteiger partial charge is 0.497 e. The van der Waals surface area contributed by atoms with Crippen LogP contribution in [0.4, 0.5) is 0 Å². The van der Waals surface area contributed by atoms with Crippen LogP contribution in [0.25, 0.3) is 0 Å². The van der Waals surface area contributed by atoms with Crippen molar-refractivity contribution < 1.29 is 22.7 Å². The van der Waals surface area contributed by atoms with Gasteiger partial charge in [-0.05, 0) is 49.4 Å². The molecule has 0 bridgehead atoms. The Hall–Kier alpha value is -2.13. The number of nitrogens with one attached hydrogen (secondary N) is 2. The predicted octanol–water partition coefficient (Wildman–Crippen LogP) is 1.13. The second kappa shape index (κ2) is 9.88. The van der Waals surface area contributed by atoms with Crippen molar-refractivity contribution in [3.8, 4) is 5.75 Å². The van der Waals surface area contributed by atoms with Gasteiger partial charge in [0.25, 0.3) is 0 Å². The van der Waals surface area contributed by atoms with Gasteiger partial charge in [0.15, 0.2) is 0 Å². The van der Waals surface area contributed by atoms with Gasteiger partial charge in [-0.2, -0.15) is 4.31 Å². The van der Waals surface area contributed by atoms with Crippen LogP contribution in [0.1, 0.15) is 33.1 Å². The van der Waals surface area contributed by atoms with E-state index in [1.807, 2.05) is 13.8 Å². The van der Waals surface area contributed by atoms with Crippen molar-refractivity contribution >= 4 is 21.8 Å². The summed E-state index contributed by atoms with van der Waals surface area (Å²) in [5, 5.41) is 5.13. The molecule has 8 nitrogen and oxygen atoms in total. The van der Waals surface area contributed by atoms with Crippen LogP contribution in [0.3, 0.4) is 0 Å². The number of hydrogen-bond donors (Lipinski definition) is 2. The van der Waals surface area contributed by atoms with Crippen LogP contribution in [0.5, 0.6) is 5.75 Å². The number of carbonyl (C=O) groups is 2. The van der Waals surface area contributed by atoms with Crippen LogP contribution in [0, 0.1) is 5.92 Å². The number of sulfonamides is 1. The molecule has 1 aliphatic heterocycles. The van der Waals surface area contributed by atoms with Gasteiger partial charge in [0, 0.05) is 25.7 Å². The maximum atomic E-state index is 12.9. The highest BCUT2D eigenvalue weighted by Crippen LogP contribution is 2.26. The van der Waals surface area contributed by atoms with E-state index in [1.165, 1.54) is 23.5 Å². The lowest BCUT2D eigenvalue weighted by Crippen LogP contribution is -2.47. The van der Waals surface area contributed by atoms with Crippen LogP contribution in [-0.4, -0.2) is 57.3 Å². The summed E-state index contributed by atoms with van der Waals surface area (Å²) in [7, 11) is -2.16. The molecule has 1 unspecified atom stereocenters. The number of carbonyl (C=O) groups excluding carboxylic acids is 2. The van der Waals surface area contributed by atoms with Crippen molar-refractivity contribution in [2.24, 2.45) is 5.92 Å². The average molecular weight is 412 g/mol. The molecule has 0 saturated carbocycles. The zero-order valence-electron chi connectivity index (χ0n) is 16.6. The third kappa shape index (κ3) is 5.68. The molecular formula is C19H29N3O5S. The molecule has 0 spiro atoms. The van der Waals surface area contributed by atoms with Gasteiger partial charge in [-0.25, -0.2) is 8.42 Å². The van der Waals surface area contributed by atoms with E-state index in [9.17, 15) is 18.0 Å². The zero-order valence-corrected chi connectivity index (χ0v) is 17.4. The molecule has 1 aliphatic rings. The smallest absolute Gasteiger partial charge is 0.309 e. The number of ether oxygens (including phenoxy) is 1. The van der Waals surface area contributed by atoms with Gasteiger partial charge in [0.1, 0.15) is 5.75 Å². The standard InChI is InChI=1S/C19H29N3O5S/c1-14(2)10-11-20-18(23)19(24)21-13-15-5-4-12-22(15)28(25,26)17-8-6-16(27-3)7-9-17/h6-9,14-15H,4-5,10-13H2,1-3H3,(H,20,23)(H,21,24). The van der Waals surface area contributed by atoms with Gasteiger partial charge in [-0.15, -0.1) is 0 Å². The first-order valence-electron chi connectivity index (χ1n) is 9.47. The number of methoxy groups -OCH3 is 1. The molecule has 156 valence electrons. The first kappa shape index (κ1) is 22.2. The van der Waals surface area contributed by atoms with Gasteiger partial charge < -0.3 is 15.4 Å². The summed E-state index contributed by atoms with van der Waals surface area (Å²) in [5.74, 6) is -0.424. The molecule has 1 heterocycles. The summed E-state index contributed by atoms with van der Waals surface area (Å²) >= 11 is 0. The number of amides is 2. The van der Waals surface area contributed by atoms with E-state index < -0.39 is 21.8 Å². The van der Waals surface area contributed by atoms with Crippen molar-refractivity contribution in [1.29, 1.82) is 0 Å². The minimum Gasteiger partial charge on any atom is -0.497 e. The summed E-state index contributed by atoms with van der Waals surface area (Å²) in [4.78, 5) is 24.0. The molecule has 28 heavy (non-hydrogen) atoms. The topological polar surface area (TPSA) is 105 Å². The van der Waals surface area contributed by atoms with Crippen LogP contribution in [0.15, 0.2) is 29.2 Å². The minimum absolute atomic E-state index is 0.103. The lowest BCUT2D eigenvalue weighted by Gasteiger charge is -2.24. The quantitative estimate of drug-likeness (QED) is 0.624. The van der Waals surface area contributed by atoms with E-state index in [0.29, 0.717) is 37.6 Å². The molecule has 0 aromatic heterocycles. The van der Waals surface area contributed by atoms with E-state index in [-0.39, 0.29) is 17.5 Å². The van der Waals surface area contributed by atoms with E-state index in [0.717, 1.165) is 6.42 Å².